The van der Waals surface area contributed by atoms with Crippen molar-refractivity contribution in [1.82, 2.24) is 10.2 Å². The van der Waals surface area contributed by atoms with Crippen molar-refractivity contribution in [3.05, 3.63) is 58.6 Å². The molecule has 1 atom stereocenters. The fraction of sp³-hybridized carbons (Fsp3) is 0.300. The van der Waals surface area contributed by atoms with Gasteiger partial charge in [-0.25, -0.2) is 0 Å². The Labute approximate surface area is 167 Å². The molecule has 2 aromatic rings. The Morgan fingerprint density at radius 2 is 1.74 bits per heavy atom. The number of ether oxygens (including phenoxy) is 2. The quantitative estimate of drug-likeness (QED) is 0.693. The second kappa shape index (κ2) is 9.97. The van der Waals surface area contributed by atoms with E-state index in [1.807, 2.05) is 30.3 Å². The Hall–Kier alpha value is -2.54. The number of halogens is 1. The summed E-state index contributed by atoms with van der Waals surface area (Å²) in [5.74, 6) is 0.492. The van der Waals surface area contributed by atoms with Gasteiger partial charge in [0, 0.05) is 18.1 Å². The van der Waals surface area contributed by atoms with Crippen LogP contribution in [0, 0.1) is 0 Å². The second-order valence-corrected chi connectivity index (χ2v) is 6.79. The van der Waals surface area contributed by atoms with E-state index in [0.29, 0.717) is 18.0 Å². The number of nitrogens with zero attached hydrogens (tertiary/aromatic N) is 1. The third-order valence-corrected chi connectivity index (χ3v) is 4.63. The standard InChI is InChI=1S/C20H23BrN2O4/c1-14(20(25)22-2)23(12-15-8-10-16(21)11-9-15)19(24)13-27-18-7-5-4-6-17(18)26-3/h4-11,14H,12-13H2,1-3H3,(H,22,25). The van der Waals surface area contributed by atoms with Gasteiger partial charge in [-0.3, -0.25) is 9.59 Å². The number of hydrogen-bond acceptors (Lipinski definition) is 4. The fourth-order valence-electron chi connectivity index (χ4n) is 2.54. The number of carbonyl (C=O) groups is 2. The van der Waals surface area contributed by atoms with Crippen LogP contribution in [0.5, 0.6) is 11.5 Å². The van der Waals surface area contributed by atoms with Crippen LogP contribution in [0.1, 0.15) is 12.5 Å². The van der Waals surface area contributed by atoms with E-state index in [1.165, 1.54) is 12.0 Å². The van der Waals surface area contributed by atoms with Crippen molar-refractivity contribution in [2.75, 3.05) is 20.8 Å². The van der Waals surface area contributed by atoms with Crippen LogP contribution in [0.2, 0.25) is 0 Å². The number of para-hydroxylation sites is 2. The molecule has 27 heavy (non-hydrogen) atoms. The topological polar surface area (TPSA) is 67.9 Å². The summed E-state index contributed by atoms with van der Waals surface area (Å²) in [6.45, 7) is 1.80. The van der Waals surface area contributed by atoms with Crippen LogP contribution in [0.4, 0.5) is 0 Å². The number of benzene rings is 2. The number of hydrogen-bond donors (Lipinski definition) is 1. The highest BCUT2D eigenvalue weighted by atomic mass is 79.9. The van der Waals surface area contributed by atoms with Crippen LogP contribution in [-0.2, 0) is 16.1 Å². The molecular formula is C20H23BrN2O4. The average Bonchev–Trinajstić information content (AvgIpc) is 2.70. The normalized spacial score (nSPS) is 11.4. The van der Waals surface area contributed by atoms with Crippen LogP contribution in [0.3, 0.4) is 0 Å². The minimum Gasteiger partial charge on any atom is -0.493 e. The lowest BCUT2D eigenvalue weighted by atomic mass is 10.1. The molecule has 2 rings (SSSR count). The van der Waals surface area contributed by atoms with Gasteiger partial charge < -0.3 is 19.7 Å². The molecule has 1 unspecified atom stereocenters. The van der Waals surface area contributed by atoms with Gasteiger partial charge in [0.2, 0.25) is 5.91 Å². The summed E-state index contributed by atoms with van der Waals surface area (Å²) in [4.78, 5) is 26.4. The molecule has 0 heterocycles. The number of amides is 2. The van der Waals surface area contributed by atoms with E-state index >= 15 is 0 Å². The lowest BCUT2D eigenvalue weighted by Gasteiger charge is -2.28. The minimum absolute atomic E-state index is 0.196. The van der Waals surface area contributed by atoms with E-state index in [-0.39, 0.29) is 18.4 Å². The van der Waals surface area contributed by atoms with Crippen LogP contribution >= 0.6 is 15.9 Å². The number of methoxy groups -OCH3 is 1. The zero-order chi connectivity index (χ0) is 19.8. The van der Waals surface area contributed by atoms with E-state index in [0.717, 1.165) is 10.0 Å². The first-order chi connectivity index (χ1) is 13.0. The third-order valence-electron chi connectivity index (χ3n) is 4.10. The van der Waals surface area contributed by atoms with Crippen LogP contribution in [0.25, 0.3) is 0 Å². The summed E-state index contributed by atoms with van der Waals surface area (Å²) >= 11 is 3.39. The molecule has 0 saturated carbocycles. The lowest BCUT2D eigenvalue weighted by molar-refractivity contribution is -0.142. The third kappa shape index (κ3) is 5.72. The first kappa shape index (κ1) is 20.8. The van der Waals surface area contributed by atoms with Crippen LogP contribution in [0.15, 0.2) is 53.0 Å². The lowest BCUT2D eigenvalue weighted by Crippen LogP contribution is -2.48. The molecule has 1 N–H and O–H groups in total. The van der Waals surface area contributed by atoms with Gasteiger partial charge in [-0.05, 0) is 36.8 Å². The summed E-state index contributed by atoms with van der Waals surface area (Å²) < 4.78 is 11.8. The molecule has 0 aliphatic heterocycles. The van der Waals surface area contributed by atoms with Gasteiger partial charge in [0.25, 0.3) is 5.91 Å². The summed E-state index contributed by atoms with van der Waals surface area (Å²) in [5, 5.41) is 2.59. The molecule has 0 aromatic heterocycles. The Morgan fingerprint density at radius 3 is 2.33 bits per heavy atom. The summed E-state index contributed by atoms with van der Waals surface area (Å²) in [5.41, 5.74) is 0.916. The molecule has 0 bridgehead atoms. The number of nitrogens with one attached hydrogen (secondary N) is 1. The number of likely N-dealkylation sites (N-methyl/N-ethyl adjacent to an activating group) is 1. The van der Waals surface area contributed by atoms with E-state index in [2.05, 4.69) is 21.2 Å². The van der Waals surface area contributed by atoms with Crippen LogP contribution < -0.4 is 14.8 Å². The summed E-state index contributed by atoms with van der Waals surface area (Å²) in [6.07, 6.45) is 0. The maximum absolute atomic E-state index is 12.8. The minimum atomic E-state index is -0.632. The molecule has 2 amide bonds. The van der Waals surface area contributed by atoms with Gasteiger partial charge in [-0.1, -0.05) is 40.2 Å². The highest BCUT2D eigenvalue weighted by Gasteiger charge is 2.26. The zero-order valence-corrected chi connectivity index (χ0v) is 17.2. The zero-order valence-electron chi connectivity index (χ0n) is 15.6. The molecule has 0 fully saturated rings. The molecule has 6 nitrogen and oxygen atoms in total. The molecule has 0 saturated heterocycles. The first-order valence-corrected chi connectivity index (χ1v) is 9.27. The largest absolute Gasteiger partial charge is 0.493 e. The Bertz CT molecular complexity index is 780. The number of rotatable bonds is 8. The summed E-state index contributed by atoms with van der Waals surface area (Å²) in [7, 11) is 3.09. The van der Waals surface area contributed by atoms with Gasteiger partial charge in [0.1, 0.15) is 6.04 Å². The fourth-order valence-corrected chi connectivity index (χ4v) is 2.80. The first-order valence-electron chi connectivity index (χ1n) is 8.47. The molecule has 0 aliphatic carbocycles. The molecule has 0 spiro atoms. The number of carbonyl (C=O) groups excluding carboxylic acids is 2. The molecule has 7 heteroatoms. The average molecular weight is 435 g/mol. The highest BCUT2D eigenvalue weighted by Crippen LogP contribution is 2.25. The van der Waals surface area contributed by atoms with Gasteiger partial charge in [-0.2, -0.15) is 0 Å². The summed E-state index contributed by atoms with van der Waals surface area (Å²) in [6, 6.07) is 14.1. The predicted octanol–water partition coefficient (Wildman–Crippen LogP) is 3.00. The van der Waals surface area contributed by atoms with Crippen molar-refractivity contribution < 1.29 is 19.1 Å². The molecular weight excluding hydrogens is 412 g/mol. The van der Waals surface area contributed by atoms with Crippen molar-refractivity contribution in [3.63, 3.8) is 0 Å². The molecule has 0 aliphatic rings. The van der Waals surface area contributed by atoms with E-state index < -0.39 is 6.04 Å². The smallest absolute Gasteiger partial charge is 0.261 e. The predicted molar refractivity (Wildman–Crippen MR) is 107 cm³/mol. The second-order valence-electron chi connectivity index (χ2n) is 5.88. The van der Waals surface area contributed by atoms with E-state index in [9.17, 15) is 9.59 Å². The maximum Gasteiger partial charge on any atom is 0.261 e. The van der Waals surface area contributed by atoms with Crippen molar-refractivity contribution in [2.24, 2.45) is 0 Å². The van der Waals surface area contributed by atoms with Gasteiger partial charge in [0.15, 0.2) is 18.1 Å². The highest BCUT2D eigenvalue weighted by molar-refractivity contribution is 9.10. The Balaban J connectivity index is 2.14. The van der Waals surface area contributed by atoms with E-state index in [4.69, 9.17) is 9.47 Å². The van der Waals surface area contributed by atoms with Crippen molar-refractivity contribution >= 4 is 27.7 Å². The Morgan fingerprint density at radius 1 is 1.11 bits per heavy atom. The molecule has 144 valence electrons. The van der Waals surface area contributed by atoms with Gasteiger partial charge in [0.05, 0.1) is 7.11 Å². The van der Waals surface area contributed by atoms with E-state index in [1.54, 1.807) is 32.2 Å². The van der Waals surface area contributed by atoms with Crippen molar-refractivity contribution in [2.45, 2.75) is 19.5 Å². The molecule has 2 aromatic carbocycles. The Kier molecular flexibility index (Phi) is 7.67. The van der Waals surface area contributed by atoms with Crippen molar-refractivity contribution in [3.8, 4) is 11.5 Å². The van der Waals surface area contributed by atoms with Crippen molar-refractivity contribution in [1.29, 1.82) is 0 Å². The monoisotopic (exact) mass is 434 g/mol. The molecule has 0 radical (unpaired) electrons. The maximum atomic E-state index is 12.8. The van der Waals surface area contributed by atoms with Crippen LogP contribution in [-0.4, -0.2) is 43.5 Å². The van der Waals surface area contributed by atoms with Gasteiger partial charge >= 0.3 is 0 Å². The SMILES string of the molecule is CNC(=O)C(C)N(Cc1ccc(Br)cc1)C(=O)COc1ccccc1OC. The van der Waals surface area contributed by atoms with Gasteiger partial charge in [-0.15, -0.1) is 0 Å².